The average molecular weight is 368 g/mol. The van der Waals surface area contributed by atoms with Gasteiger partial charge in [-0.2, -0.15) is 5.10 Å². The second-order valence-corrected chi connectivity index (χ2v) is 7.95. The molecule has 0 radical (unpaired) electrons. The Labute approximate surface area is 159 Å². The number of carbonyl (C=O) groups is 2. The van der Waals surface area contributed by atoms with E-state index in [1.54, 1.807) is 0 Å². The second kappa shape index (κ2) is 7.43. The van der Waals surface area contributed by atoms with Crippen LogP contribution < -0.4 is 10.6 Å². The molecule has 0 bridgehead atoms. The first kappa shape index (κ1) is 18.2. The first-order valence-electron chi connectivity index (χ1n) is 10.1. The van der Waals surface area contributed by atoms with E-state index in [0.717, 1.165) is 29.6 Å². The number of carbonyl (C=O) groups excluding carboxylic acids is 2. The monoisotopic (exact) mass is 368 g/mol. The Morgan fingerprint density at radius 1 is 1.26 bits per heavy atom. The summed E-state index contributed by atoms with van der Waals surface area (Å²) < 4.78 is 1.88. The maximum atomic E-state index is 12.3. The van der Waals surface area contributed by atoms with Crippen molar-refractivity contribution in [2.75, 3.05) is 6.54 Å². The molecule has 2 N–H and O–H groups in total. The molecule has 3 heterocycles. The predicted octanol–water partition coefficient (Wildman–Crippen LogP) is 2.73. The number of amides is 2. The number of nitrogens with zero attached hydrogens (tertiary/aromatic N) is 2. The Morgan fingerprint density at radius 3 is 2.89 bits per heavy atom. The van der Waals surface area contributed by atoms with Crippen molar-refractivity contribution in [3.8, 4) is 0 Å². The topological polar surface area (TPSA) is 76.0 Å². The molecule has 3 atom stereocenters. The lowest BCUT2D eigenvalue weighted by Gasteiger charge is -2.30. The zero-order valence-electron chi connectivity index (χ0n) is 16.1. The van der Waals surface area contributed by atoms with Crippen LogP contribution in [0.2, 0.25) is 0 Å². The number of fused-ring (bicyclic) bond motifs is 1. The highest BCUT2D eigenvalue weighted by Crippen LogP contribution is 2.34. The summed E-state index contributed by atoms with van der Waals surface area (Å²) in [6, 6.07) is 7.18. The quantitative estimate of drug-likeness (QED) is 0.814. The van der Waals surface area contributed by atoms with Crippen LogP contribution in [-0.2, 0) is 16.6 Å². The summed E-state index contributed by atoms with van der Waals surface area (Å²) in [4.78, 5) is 23.7. The van der Waals surface area contributed by atoms with Crippen molar-refractivity contribution in [2.45, 2.75) is 63.3 Å². The lowest BCUT2D eigenvalue weighted by molar-refractivity contribution is -0.134. The molecule has 0 spiro atoms. The van der Waals surface area contributed by atoms with Crippen LogP contribution in [0.3, 0.4) is 0 Å². The van der Waals surface area contributed by atoms with Crippen LogP contribution in [0.25, 0.3) is 10.9 Å². The summed E-state index contributed by atoms with van der Waals surface area (Å²) >= 11 is 0. The lowest BCUT2D eigenvalue weighted by Crippen LogP contribution is -2.39. The fourth-order valence-corrected chi connectivity index (χ4v) is 4.65. The third-order valence-electron chi connectivity index (χ3n) is 6.08. The molecule has 2 aromatic rings. The SMILES string of the molecule is CCCC1CC(c2ccc3c(C4CCC(=O)NC4=O)nn(C)c3c2)CCN1. The van der Waals surface area contributed by atoms with Crippen LogP contribution >= 0.6 is 0 Å². The molecule has 2 saturated heterocycles. The number of aromatic nitrogens is 2. The Kier molecular flexibility index (Phi) is 5.00. The number of hydrogen-bond acceptors (Lipinski definition) is 4. The van der Waals surface area contributed by atoms with Gasteiger partial charge in [-0.1, -0.05) is 25.5 Å². The predicted molar refractivity (Wildman–Crippen MR) is 105 cm³/mol. The maximum Gasteiger partial charge on any atom is 0.235 e. The highest BCUT2D eigenvalue weighted by Gasteiger charge is 2.32. The minimum atomic E-state index is -0.343. The summed E-state index contributed by atoms with van der Waals surface area (Å²) in [6.07, 6.45) is 5.68. The van der Waals surface area contributed by atoms with Gasteiger partial charge in [0.15, 0.2) is 0 Å². The standard InChI is InChI=1S/C21H28N4O2/c1-3-4-15-11-14(9-10-22-15)13-5-6-16-18(12-13)25(2)24-20(16)17-7-8-19(26)23-21(17)27/h5-6,12,14-15,17,22H,3-4,7-11H2,1-2H3,(H,23,26,27). The van der Waals surface area contributed by atoms with E-state index < -0.39 is 0 Å². The third kappa shape index (κ3) is 3.50. The van der Waals surface area contributed by atoms with E-state index >= 15 is 0 Å². The Hall–Kier alpha value is -2.21. The van der Waals surface area contributed by atoms with Crippen LogP contribution in [0.15, 0.2) is 18.2 Å². The minimum Gasteiger partial charge on any atom is -0.314 e. The number of imide groups is 1. The van der Waals surface area contributed by atoms with Crippen molar-refractivity contribution in [2.24, 2.45) is 7.05 Å². The average Bonchev–Trinajstić information content (AvgIpc) is 2.98. The van der Waals surface area contributed by atoms with Crippen LogP contribution in [0.5, 0.6) is 0 Å². The molecular weight excluding hydrogens is 340 g/mol. The van der Waals surface area contributed by atoms with Gasteiger partial charge in [-0.15, -0.1) is 0 Å². The number of hydrogen-bond donors (Lipinski definition) is 2. The number of nitrogens with one attached hydrogen (secondary N) is 2. The van der Waals surface area contributed by atoms with Gasteiger partial charge in [-0.05, 0) is 49.8 Å². The van der Waals surface area contributed by atoms with E-state index in [-0.39, 0.29) is 17.7 Å². The Balaban J connectivity index is 1.63. The molecule has 144 valence electrons. The highest BCUT2D eigenvalue weighted by atomic mass is 16.2. The van der Waals surface area contributed by atoms with Gasteiger partial charge in [0.25, 0.3) is 0 Å². The molecule has 6 heteroatoms. The molecule has 0 saturated carbocycles. The van der Waals surface area contributed by atoms with Crippen molar-refractivity contribution in [1.29, 1.82) is 0 Å². The largest absolute Gasteiger partial charge is 0.314 e. The Bertz CT molecular complexity index is 870. The van der Waals surface area contributed by atoms with E-state index in [9.17, 15) is 9.59 Å². The van der Waals surface area contributed by atoms with Crippen molar-refractivity contribution >= 4 is 22.7 Å². The Morgan fingerprint density at radius 2 is 2.11 bits per heavy atom. The van der Waals surface area contributed by atoms with Crippen LogP contribution in [0.1, 0.15) is 68.5 Å². The minimum absolute atomic E-state index is 0.189. The number of aryl methyl sites for hydroxylation is 1. The first-order valence-corrected chi connectivity index (χ1v) is 10.1. The van der Waals surface area contributed by atoms with E-state index in [0.29, 0.717) is 24.8 Å². The molecule has 2 fully saturated rings. The van der Waals surface area contributed by atoms with Crippen LogP contribution in [0, 0.1) is 0 Å². The van der Waals surface area contributed by atoms with Gasteiger partial charge < -0.3 is 5.32 Å². The summed E-state index contributed by atoms with van der Waals surface area (Å²) in [5.74, 6) is -0.186. The molecule has 4 rings (SSSR count). The molecule has 0 aliphatic carbocycles. The van der Waals surface area contributed by atoms with Crippen molar-refractivity contribution in [3.05, 3.63) is 29.5 Å². The normalized spacial score (nSPS) is 26.4. The maximum absolute atomic E-state index is 12.3. The van der Waals surface area contributed by atoms with E-state index in [1.165, 1.54) is 24.8 Å². The molecule has 2 aliphatic heterocycles. The lowest BCUT2D eigenvalue weighted by atomic mass is 9.84. The molecule has 27 heavy (non-hydrogen) atoms. The summed E-state index contributed by atoms with van der Waals surface area (Å²) in [6.45, 7) is 3.31. The number of benzene rings is 1. The van der Waals surface area contributed by atoms with Crippen LogP contribution in [0.4, 0.5) is 0 Å². The third-order valence-corrected chi connectivity index (χ3v) is 6.08. The smallest absolute Gasteiger partial charge is 0.235 e. The van der Waals surface area contributed by atoms with Crippen molar-refractivity contribution < 1.29 is 9.59 Å². The van der Waals surface area contributed by atoms with E-state index in [2.05, 4.69) is 40.9 Å². The first-order chi connectivity index (χ1) is 13.1. The van der Waals surface area contributed by atoms with E-state index in [1.807, 2.05) is 11.7 Å². The fraction of sp³-hybridized carbons (Fsp3) is 0.571. The molecule has 2 amide bonds. The summed E-state index contributed by atoms with van der Waals surface area (Å²) in [7, 11) is 1.93. The van der Waals surface area contributed by atoms with Gasteiger partial charge in [0, 0.05) is 24.9 Å². The van der Waals surface area contributed by atoms with Crippen LogP contribution in [-0.4, -0.2) is 34.2 Å². The molecule has 6 nitrogen and oxygen atoms in total. The summed E-state index contributed by atoms with van der Waals surface area (Å²) in [5.41, 5.74) is 3.22. The van der Waals surface area contributed by atoms with E-state index in [4.69, 9.17) is 0 Å². The number of rotatable bonds is 4. The fourth-order valence-electron chi connectivity index (χ4n) is 4.65. The second-order valence-electron chi connectivity index (χ2n) is 7.95. The molecule has 2 aliphatic rings. The van der Waals surface area contributed by atoms with Gasteiger partial charge in [0.1, 0.15) is 0 Å². The van der Waals surface area contributed by atoms with Gasteiger partial charge >= 0.3 is 0 Å². The highest BCUT2D eigenvalue weighted by molar-refractivity contribution is 6.02. The van der Waals surface area contributed by atoms with Crippen molar-refractivity contribution in [1.82, 2.24) is 20.4 Å². The van der Waals surface area contributed by atoms with Gasteiger partial charge in [-0.25, -0.2) is 0 Å². The number of piperidine rings is 2. The van der Waals surface area contributed by atoms with Gasteiger partial charge in [0.2, 0.25) is 11.8 Å². The van der Waals surface area contributed by atoms with Crippen molar-refractivity contribution in [3.63, 3.8) is 0 Å². The molecular formula is C21H28N4O2. The van der Waals surface area contributed by atoms with Gasteiger partial charge in [-0.3, -0.25) is 19.6 Å². The summed E-state index contributed by atoms with van der Waals surface area (Å²) in [5, 5.41) is 11.8. The molecule has 3 unspecified atom stereocenters. The zero-order chi connectivity index (χ0) is 19.0. The van der Waals surface area contributed by atoms with Gasteiger partial charge in [0.05, 0.1) is 17.1 Å². The zero-order valence-corrected chi connectivity index (χ0v) is 16.1. The molecule has 1 aromatic carbocycles. The molecule has 1 aromatic heterocycles.